The normalized spacial score (nSPS) is 10.0. The first-order valence-corrected chi connectivity index (χ1v) is 7.33. The minimum absolute atomic E-state index is 0.0230. The number of para-hydroxylation sites is 1. The van der Waals surface area contributed by atoms with Crippen molar-refractivity contribution in [2.45, 2.75) is 6.92 Å². The molecule has 2 aromatic rings. The number of nitrogens with zero attached hydrogens (tertiary/aromatic N) is 1. The maximum absolute atomic E-state index is 12.0. The number of anilines is 1. The van der Waals surface area contributed by atoms with Gasteiger partial charge in [0, 0.05) is 12.7 Å². The van der Waals surface area contributed by atoms with Crippen LogP contribution in [0.1, 0.15) is 5.56 Å². The zero-order valence-electron chi connectivity index (χ0n) is 13.3. The van der Waals surface area contributed by atoms with Crippen LogP contribution in [-0.2, 0) is 9.59 Å². The summed E-state index contributed by atoms with van der Waals surface area (Å²) in [5.41, 5.74) is 1.83. The largest absolute Gasteiger partial charge is 0.484 e. The zero-order chi connectivity index (χ0) is 16.7. The predicted octanol–water partition coefficient (Wildman–Crippen LogP) is 2.47. The molecule has 0 radical (unpaired) electrons. The van der Waals surface area contributed by atoms with Crippen LogP contribution in [0.25, 0.3) is 0 Å². The van der Waals surface area contributed by atoms with Crippen LogP contribution in [0.2, 0.25) is 0 Å². The SMILES string of the molecule is Cc1ccc(NC(=O)CN(C)C(=O)COc2ccccc2)cc1. The van der Waals surface area contributed by atoms with E-state index in [1.54, 1.807) is 19.2 Å². The Kier molecular flexibility index (Phi) is 5.74. The van der Waals surface area contributed by atoms with E-state index in [1.807, 2.05) is 49.4 Å². The molecule has 2 aromatic carbocycles. The van der Waals surface area contributed by atoms with Crippen LogP contribution in [0.5, 0.6) is 5.75 Å². The molecule has 2 amide bonds. The summed E-state index contributed by atoms with van der Waals surface area (Å²) >= 11 is 0. The molecule has 0 fully saturated rings. The van der Waals surface area contributed by atoms with Crippen LogP contribution in [0.4, 0.5) is 5.69 Å². The van der Waals surface area contributed by atoms with Crippen LogP contribution in [0, 0.1) is 6.92 Å². The van der Waals surface area contributed by atoms with Gasteiger partial charge in [0.2, 0.25) is 5.91 Å². The number of hydrogen-bond acceptors (Lipinski definition) is 3. The molecule has 0 saturated heterocycles. The Morgan fingerprint density at radius 1 is 1.04 bits per heavy atom. The quantitative estimate of drug-likeness (QED) is 0.891. The van der Waals surface area contributed by atoms with E-state index in [4.69, 9.17) is 4.74 Å². The number of ether oxygens (including phenoxy) is 1. The van der Waals surface area contributed by atoms with E-state index in [1.165, 1.54) is 4.90 Å². The molecule has 120 valence electrons. The molecular weight excluding hydrogens is 292 g/mol. The molecule has 5 heteroatoms. The smallest absolute Gasteiger partial charge is 0.260 e. The van der Waals surface area contributed by atoms with Crippen molar-refractivity contribution in [2.24, 2.45) is 0 Å². The zero-order valence-corrected chi connectivity index (χ0v) is 13.3. The van der Waals surface area contributed by atoms with Gasteiger partial charge in [-0.1, -0.05) is 35.9 Å². The van der Waals surface area contributed by atoms with Gasteiger partial charge >= 0.3 is 0 Å². The summed E-state index contributed by atoms with van der Waals surface area (Å²) < 4.78 is 5.38. The number of amides is 2. The second kappa shape index (κ2) is 7.98. The van der Waals surface area contributed by atoms with E-state index in [0.29, 0.717) is 11.4 Å². The van der Waals surface area contributed by atoms with Gasteiger partial charge in [0.05, 0.1) is 6.54 Å². The van der Waals surface area contributed by atoms with Gasteiger partial charge in [0.15, 0.2) is 6.61 Å². The van der Waals surface area contributed by atoms with Crippen molar-refractivity contribution in [3.8, 4) is 5.75 Å². The molecule has 0 heterocycles. The van der Waals surface area contributed by atoms with Gasteiger partial charge in [-0.2, -0.15) is 0 Å². The topological polar surface area (TPSA) is 58.6 Å². The van der Waals surface area contributed by atoms with E-state index in [2.05, 4.69) is 5.32 Å². The standard InChI is InChI=1S/C18H20N2O3/c1-14-8-10-15(11-9-14)19-17(21)12-20(2)18(22)13-23-16-6-4-3-5-7-16/h3-11H,12-13H2,1-2H3,(H,19,21). The fourth-order valence-electron chi connectivity index (χ4n) is 1.91. The number of aryl methyl sites for hydroxylation is 1. The number of carbonyl (C=O) groups excluding carboxylic acids is 2. The number of benzene rings is 2. The average Bonchev–Trinajstić information content (AvgIpc) is 2.55. The third-order valence-corrected chi connectivity index (χ3v) is 3.25. The first-order chi connectivity index (χ1) is 11.0. The molecule has 2 rings (SSSR count). The van der Waals surface area contributed by atoms with Gasteiger partial charge in [-0.05, 0) is 31.2 Å². The summed E-state index contributed by atoms with van der Waals surface area (Å²) in [6.07, 6.45) is 0. The van der Waals surface area contributed by atoms with Gasteiger partial charge in [0.25, 0.3) is 5.91 Å². The van der Waals surface area contributed by atoms with Gasteiger partial charge in [0.1, 0.15) is 5.75 Å². The minimum Gasteiger partial charge on any atom is -0.484 e. The van der Waals surface area contributed by atoms with E-state index < -0.39 is 0 Å². The Bertz CT molecular complexity index is 654. The summed E-state index contributed by atoms with van der Waals surface area (Å²) in [5, 5.41) is 2.76. The van der Waals surface area contributed by atoms with Crippen LogP contribution >= 0.6 is 0 Å². The lowest BCUT2D eigenvalue weighted by Gasteiger charge is -2.17. The van der Waals surface area contributed by atoms with E-state index in [0.717, 1.165) is 5.56 Å². The second-order valence-electron chi connectivity index (χ2n) is 5.27. The molecule has 0 aliphatic rings. The summed E-state index contributed by atoms with van der Waals surface area (Å²) in [5.74, 6) is 0.121. The molecule has 0 aliphatic carbocycles. The predicted molar refractivity (Wildman–Crippen MR) is 89.4 cm³/mol. The van der Waals surface area contributed by atoms with Crippen molar-refractivity contribution in [3.63, 3.8) is 0 Å². The lowest BCUT2D eigenvalue weighted by Crippen LogP contribution is -2.37. The number of carbonyl (C=O) groups is 2. The molecule has 0 unspecified atom stereocenters. The number of nitrogens with one attached hydrogen (secondary N) is 1. The van der Waals surface area contributed by atoms with Crippen molar-refractivity contribution in [1.82, 2.24) is 4.90 Å². The van der Waals surface area contributed by atoms with E-state index in [9.17, 15) is 9.59 Å². The van der Waals surface area contributed by atoms with Crippen molar-refractivity contribution in [3.05, 3.63) is 60.2 Å². The van der Waals surface area contributed by atoms with Crippen LogP contribution in [0.3, 0.4) is 0 Å². The van der Waals surface area contributed by atoms with Crippen LogP contribution in [-0.4, -0.2) is 36.9 Å². The highest BCUT2D eigenvalue weighted by Crippen LogP contribution is 2.09. The molecular formula is C18H20N2O3. The highest BCUT2D eigenvalue weighted by molar-refractivity contribution is 5.94. The Hall–Kier alpha value is -2.82. The van der Waals surface area contributed by atoms with Gasteiger partial charge in [-0.3, -0.25) is 9.59 Å². The first-order valence-electron chi connectivity index (χ1n) is 7.33. The van der Waals surface area contributed by atoms with Gasteiger partial charge in [-0.25, -0.2) is 0 Å². The van der Waals surface area contributed by atoms with Crippen molar-refractivity contribution >= 4 is 17.5 Å². The van der Waals surface area contributed by atoms with E-state index >= 15 is 0 Å². The first kappa shape index (κ1) is 16.5. The maximum atomic E-state index is 12.0. The lowest BCUT2D eigenvalue weighted by molar-refractivity contribution is -0.135. The summed E-state index contributed by atoms with van der Waals surface area (Å²) in [4.78, 5) is 25.3. The van der Waals surface area contributed by atoms with Gasteiger partial charge in [-0.15, -0.1) is 0 Å². The molecule has 0 aromatic heterocycles. The lowest BCUT2D eigenvalue weighted by atomic mass is 10.2. The fourth-order valence-corrected chi connectivity index (χ4v) is 1.91. The Morgan fingerprint density at radius 2 is 1.70 bits per heavy atom. The molecule has 23 heavy (non-hydrogen) atoms. The second-order valence-corrected chi connectivity index (χ2v) is 5.27. The summed E-state index contributed by atoms with van der Waals surface area (Å²) in [6.45, 7) is 1.86. The van der Waals surface area contributed by atoms with Crippen LogP contribution in [0.15, 0.2) is 54.6 Å². The average molecular weight is 312 g/mol. The molecule has 0 bridgehead atoms. The molecule has 5 nitrogen and oxygen atoms in total. The fraction of sp³-hybridized carbons (Fsp3) is 0.222. The van der Waals surface area contributed by atoms with Crippen molar-refractivity contribution in [1.29, 1.82) is 0 Å². The highest BCUT2D eigenvalue weighted by atomic mass is 16.5. The monoisotopic (exact) mass is 312 g/mol. The third kappa shape index (κ3) is 5.47. The molecule has 0 aliphatic heterocycles. The molecule has 0 spiro atoms. The minimum atomic E-state index is -0.257. The molecule has 0 atom stereocenters. The Balaban J connectivity index is 1.78. The van der Waals surface area contributed by atoms with Gasteiger partial charge < -0.3 is 15.0 Å². The Labute approximate surface area is 135 Å². The Morgan fingerprint density at radius 3 is 2.35 bits per heavy atom. The molecule has 0 saturated carbocycles. The van der Waals surface area contributed by atoms with E-state index in [-0.39, 0.29) is 25.0 Å². The summed E-state index contributed by atoms with van der Waals surface area (Å²) in [6, 6.07) is 16.6. The molecule has 1 N–H and O–H groups in total. The summed E-state index contributed by atoms with van der Waals surface area (Å²) in [7, 11) is 1.57. The number of likely N-dealkylation sites (N-methyl/N-ethyl adjacent to an activating group) is 1. The van der Waals surface area contributed by atoms with Crippen molar-refractivity contribution < 1.29 is 14.3 Å². The third-order valence-electron chi connectivity index (χ3n) is 3.25. The maximum Gasteiger partial charge on any atom is 0.260 e. The highest BCUT2D eigenvalue weighted by Gasteiger charge is 2.13. The number of rotatable bonds is 6. The number of hydrogen-bond donors (Lipinski definition) is 1. The van der Waals surface area contributed by atoms with Crippen molar-refractivity contribution in [2.75, 3.05) is 25.5 Å². The van der Waals surface area contributed by atoms with Crippen LogP contribution < -0.4 is 10.1 Å².